The topological polar surface area (TPSA) is 98.0 Å². The molecule has 0 spiro atoms. The highest BCUT2D eigenvalue weighted by atomic mass is 31.2. The summed E-state index contributed by atoms with van der Waals surface area (Å²) in [6.45, 7) is -2.53. The van der Waals surface area contributed by atoms with Crippen LogP contribution in [0.3, 0.4) is 0 Å². The minimum atomic E-state index is -4.63. The summed E-state index contributed by atoms with van der Waals surface area (Å²) in [6.07, 6.45) is 0. The number of hydrogen-bond acceptors (Lipinski definition) is 3. The van der Waals surface area contributed by atoms with Crippen molar-refractivity contribution in [1.29, 1.82) is 0 Å². The van der Waals surface area contributed by atoms with Gasteiger partial charge in [-0.05, 0) is 0 Å². The molecule has 0 heterocycles. The molecule has 7 heteroatoms. The smallest absolute Gasteiger partial charge is 0.418 e. The van der Waals surface area contributed by atoms with E-state index in [4.69, 9.17) is 19.8 Å². The van der Waals surface area contributed by atoms with Crippen molar-refractivity contribution < 1.29 is 24.4 Å². The molecule has 0 aromatic heterocycles. The van der Waals surface area contributed by atoms with Gasteiger partial charge in [0.25, 0.3) is 0 Å². The van der Waals surface area contributed by atoms with Gasteiger partial charge in [0.1, 0.15) is 0 Å². The molecule has 0 saturated heterocycles. The van der Waals surface area contributed by atoms with Crippen molar-refractivity contribution in [1.82, 2.24) is 0 Å². The fourth-order valence-corrected chi connectivity index (χ4v) is 0. The lowest BCUT2D eigenvalue weighted by molar-refractivity contribution is 0.351. The highest BCUT2D eigenvalue weighted by Crippen LogP contribution is 2.34. The molecule has 4 N–H and O–H groups in total. The van der Waals surface area contributed by atoms with Crippen LogP contribution in [0, 0.1) is 0 Å². The summed E-state index contributed by atoms with van der Waals surface area (Å²) in [7, 11) is -4.63. The lowest BCUT2D eigenvalue weighted by Crippen LogP contribution is -2.10. The summed E-state index contributed by atoms with van der Waals surface area (Å²) in [6, 6.07) is 0. The molecule has 0 rings (SSSR count). The van der Waals surface area contributed by atoms with E-state index >= 15 is 0 Å². The molecular formula is H4BO5P. The largest absolute Gasteiger partial charge is 0.587 e. The van der Waals surface area contributed by atoms with Gasteiger partial charge < -0.3 is 19.8 Å². The number of rotatable bonds is 1. The van der Waals surface area contributed by atoms with E-state index < -0.39 is 14.3 Å². The first-order valence-corrected chi connectivity index (χ1v) is 3.04. The fraction of sp³-hybridized carbons (Fsp3) is 0. The van der Waals surface area contributed by atoms with Crippen molar-refractivity contribution in [2.75, 3.05) is 0 Å². The normalized spacial score (nSPS) is 11.4. The Morgan fingerprint density at radius 3 is 1.43 bits per heavy atom. The van der Waals surface area contributed by atoms with Gasteiger partial charge in [-0.2, -0.15) is 0 Å². The second kappa shape index (κ2) is 1.94. The van der Waals surface area contributed by atoms with Crippen LogP contribution in [0.25, 0.3) is 0 Å². The molecule has 0 saturated carbocycles. The molecule has 0 unspecified atom stereocenters. The first-order valence-electron chi connectivity index (χ1n) is 1.36. The highest BCUT2D eigenvalue weighted by molar-refractivity contribution is 7.83. The first kappa shape index (κ1) is 7.13. The summed E-state index contributed by atoms with van der Waals surface area (Å²) < 4.78 is 9.53. The Morgan fingerprint density at radius 2 is 1.43 bits per heavy atom. The second-order valence-corrected chi connectivity index (χ2v) is 2.58. The Balaban J connectivity index is 3.80. The number of hydrogen-bond donors (Lipinski definition) is 4. The molecule has 0 aliphatic carbocycles. The Hall–Kier alpha value is 0.135. The van der Waals surface area contributed by atoms with Gasteiger partial charge in [0.15, 0.2) is 0 Å². The lowest BCUT2D eigenvalue weighted by atomic mass is 10.4. The quantitative estimate of drug-likeness (QED) is 0.243. The molecule has 5 nitrogen and oxygen atoms in total. The van der Waals surface area contributed by atoms with E-state index in [2.05, 4.69) is 0 Å². The summed E-state index contributed by atoms with van der Waals surface area (Å²) in [4.78, 5) is 15.4. The predicted molar refractivity (Wildman–Crippen MR) is 22.2 cm³/mol. The monoisotopic (exact) mass is 126 g/mol. The van der Waals surface area contributed by atoms with Crippen LogP contribution in [0.1, 0.15) is 0 Å². The third-order valence-corrected chi connectivity index (χ3v) is 0.903. The van der Waals surface area contributed by atoms with E-state index in [1.165, 1.54) is 0 Å². The van der Waals surface area contributed by atoms with Crippen LogP contribution in [-0.2, 0) is 4.57 Å². The molecule has 42 valence electrons. The molecule has 0 aliphatic rings. The van der Waals surface area contributed by atoms with Gasteiger partial charge >= 0.3 is 14.3 Å². The maximum absolute atomic E-state index is 9.53. The molecule has 0 fully saturated rings. The Morgan fingerprint density at radius 1 is 1.29 bits per heavy atom. The van der Waals surface area contributed by atoms with Crippen molar-refractivity contribution in [2.45, 2.75) is 0 Å². The Bertz CT molecular complexity index is 90.3. The average Bonchev–Trinajstić information content (AvgIpc) is 1.31. The van der Waals surface area contributed by atoms with E-state index in [0.717, 1.165) is 0 Å². The van der Waals surface area contributed by atoms with Crippen molar-refractivity contribution in [3.63, 3.8) is 0 Å². The summed E-state index contributed by atoms with van der Waals surface area (Å²) in [5, 5.41) is 15.4. The van der Waals surface area contributed by atoms with Crippen LogP contribution in [-0.4, -0.2) is 26.7 Å². The van der Waals surface area contributed by atoms with Gasteiger partial charge in [-0.25, -0.2) is 0 Å². The van der Waals surface area contributed by atoms with Gasteiger partial charge in [0.2, 0.25) is 0 Å². The summed E-state index contributed by atoms with van der Waals surface area (Å²) in [5.41, 5.74) is 0. The van der Waals surface area contributed by atoms with Crippen LogP contribution in [0.5, 0.6) is 0 Å². The zero-order valence-electron chi connectivity index (χ0n) is 3.22. The average molecular weight is 126 g/mol. The third kappa shape index (κ3) is 2.79. The van der Waals surface area contributed by atoms with Gasteiger partial charge in [0, 0.05) is 0 Å². The van der Waals surface area contributed by atoms with Crippen LogP contribution < -0.4 is 0 Å². The molecule has 0 aliphatic heterocycles. The van der Waals surface area contributed by atoms with Crippen LogP contribution >= 0.6 is 7.47 Å². The summed E-state index contributed by atoms with van der Waals surface area (Å²) in [5.74, 6) is 0. The molecule has 0 atom stereocenters. The van der Waals surface area contributed by atoms with Crippen molar-refractivity contribution in [3.8, 4) is 0 Å². The van der Waals surface area contributed by atoms with Crippen LogP contribution in [0.15, 0.2) is 0 Å². The Labute approximate surface area is 39.9 Å². The SMILES string of the molecule is O=P(O)(O)B(O)O. The van der Waals surface area contributed by atoms with Crippen molar-refractivity contribution >= 4 is 14.3 Å². The zero-order chi connectivity index (χ0) is 6.08. The summed E-state index contributed by atoms with van der Waals surface area (Å²) >= 11 is 0. The molecular weight excluding hydrogens is 122 g/mol. The van der Waals surface area contributed by atoms with E-state index in [1.54, 1.807) is 0 Å². The van der Waals surface area contributed by atoms with E-state index in [0.29, 0.717) is 0 Å². The maximum Gasteiger partial charge on any atom is 0.587 e. The van der Waals surface area contributed by atoms with Crippen molar-refractivity contribution in [3.05, 3.63) is 0 Å². The molecule has 0 bridgehead atoms. The van der Waals surface area contributed by atoms with Crippen LogP contribution in [0.2, 0.25) is 0 Å². The third-order valence-electron chi connectivity index (χ3n) is 0.301. The van der Waals surface area contributed by atoms with Gasteiger partial charge in [0.05, 0.1) is 0 Å². The minimum Gasteiger partial charge on any atom is -0.418 e. The Kier molecular flexibility index (Phi) is 1.98. The van der Waals surface area contributed by atoms with Gasteiger partial charge in [-0.1, -0.05) is 0 Å². The van der Waals surface area contributed by atoms with E-state index in [1.807, 2.05) is 0 Å². The van der Waals surface area contributed by atoms with Crippen LogP contribution in [0.4, 0.5) is 0 Å². The standard InChI is InChI=1S/BH4O5P/c2-1(3)7(4,5)6/h2-3H,(H2,4,5,6). The molecule has 0 amide bonds. The molecule has 0 radical (unpaired) electrons. The van der Waals surface area contributed by atoms with Crippen molar-refractivity contribution in [2.24, 2.45) is 0 Å². The second-order valence-electron chi connectivity index (χ2n) is 0.936. The molecule has 7 heavy (non-hydrogen) atoms. The molecule has 0 aromatic carbocycles. The van der Waals surface area contributed by atoms with Gasteiger partial charge in [-0.15, -0.1) is 0 Å². The lowest BCUT2D eigenvalue weighted by Gasteiger charge is -1.96. The highest BCUT2D eigenvalue weighted by Gasteiger charge is 2.31. The van der Waals surface area contributed by atoms with Gasteiger partial charge in [-0.3, -0.25) is 4.57 Å². The minimum absolute atomic E-state index is 2.53. The molecule has 0 aromatic rings. The zero-order valence-corrected chi connectivity index (χ0v) is 4.12. The van der Waals surface area contributed by atoms with E-state index in [-0.39, 0.29) is 0 Å². The first-order chi connectivity index (χ1) is 2.94. The predicted octanol–water partition coefficient (Wildman–Crippen LogP) is -1.87. The maximum atomic E-state index is 9.53. The van der Waals surface area contributed by atoms with E-state index in [9.17, 15) is 4.57 Å². The fourth-order valence-electron chi connectivity index (χ4n) is 0.